The molecular weight excluding hydrogens is 364 g/mol. The highest BCUT2D eigenvalue weighted by molar-refractivity contribution is 5.81. The van der Waals surface area contributed by atoms with Crippen LogP contribution in [0.2, 0.25) is 0 Å². The summed E-state index contributed by atoms with van der Waals surface area (Å²) in [6.45, 7) is 0.302. The normalized spacial score (nSPS) is 15.5. The lowest BCUT2D eigenvalue weighted by Crippen LogP contribution is -2.36. The van der Waals surface area contributed by atoms with Gasteiger partial charge in [-0.05, 0) is 12.1 Å². The minimum Gasteiger partial charge on any atom is -0.493 e. The number of rotatable bonds is 4. The number of nitro groups is 1. The first-order valence-corrected chi connectivity index (χ1v) is 8.67. The smallest absolute Gasteiger partial charge is 0.271 e. The molecule has 0 bridgehead atoms. The van der Waals surface area contributed by atoms with Gasteiger partial charge in [0.2, 0.25) is 5.91 Å². The molecule has 1 unspecified atom stereocenters. The largest absolute Gasteiger partial charge is 0.493 e. The van der Waals surface area contributed by atoms with Crippen LogP contribution in [0.25, 0.3) is 10.9 Å². The summed E-state index contributed by atoms with van der Waals surface area (Å²) in [4.78, 5) is 39.5. The van der Waals surface area contributed by atoms with Crippen molar-refractivity contribution < 1.29 is 14.5 Å². The molecule has 9 nitrogen and oxygen atoms in total. The maximum Gasteiger partial charge on any atom is 0.271 e. The molecule has 0 saturated heterocycles. The molecule has 0 radical (unpaired) electrons. The van der Waals surface area contributed by atoms with Crippen LogP contribution in [0.1, 0.15) is 18.0 Å². The van der Waals surface area contributed by atoms with Crippen LogP contribution in [-0.4, -0.2) is 27.0 Å². The maximum atomic E-state index is 12.6. The van der Waals surface area contributed by atoms with Crippen molar-refractivity contribution >= 4 is 22.5 Å². The van der Waals surface area contributed by atoms with Gasteiger partial charge in [-0.3, -0.25) is 24.3 Å². The summed E-state index contributed by atoms with van der Waals surface area (Å²) in [7, 11) is 0. The molecule has 1 amide bonds. The first kappa shape index (κ1) is 17.7. The van der Waals surface area contributed by atoms with Crippen molar-refractivity contribution in [2.24, 2.45) is 0 Å². The molecule has 1 atom stereocenters. The number of hydrogen-bond acceptors (Lipinski definition) is 6. The van der Waals surface area contributed by atoms with Crippen LogP contribution in [0.4, 0.5) is 5.69 Å². The highest BCUT2D eigenvalue weighted by Gasteiger charge is 2.23. The number of ether oxygens (including phenoxy) is 1. The summed E-state index contributed by atoms with van der Waals surface area (Å²) >= 11 is 0. The number of hydrogen-bond donors (Lipinski definition) is 1. The zero-order chi connectivity index (χ0) is 19.7. The Bertz CT molecular complexity index is 1140. The van der Waals surface area contributed by atoms with E-state index >= 15 is 0 Å². The second-order valence-corrected chi connectivity index (χ2v) is 6.43. The number of nitrogens with one attached hydrogen (secondary N) is 1. The Morgan fingerprint density at radius 2 is 2.14 bits per heavy atom. The van der Waals surface area contributed by atoms with Crippen molar-refractivity contribution in [2.45, 2.75) is 19.0 Å². The second-order valence-electron chi connectivity index (χ2n) is 6.43. The Balaban J connectivity index is 1.54. The molecule has 1 aromatic heterocycles. The van der Waals surface area contributed by atoms with Gasteiger partial charge in [0.25, 0.3) is 11.2 Å². The van der Waals surface area contributed by atoms with E-state index in [1.165, 1.54) is 29.1 Å². The van der Waals surface area contributed by atoms with Crippen LogP contribution < -0.4 is 15.6 Å². The average Bonchev–Trinajstić information content (AvgIpc) is 2.70. The quantitative estimate of drug-likeness (QED) is 0.546. The molecule has 9 heteroatoms. The Morgan fingerprint density at radius 1 is 1.32 bits per heavy atom. The van der Waals surface area contributed by atoms with E-state index in [9.17, 15) is 19.7 Å². The molecule has 0 fully saturated rings. The summed E-state index contributed by atoms with van der Waals surface area (Å²) < 4.78 is 6.77. The molecule has 142 valence electrons. The Morgan fingerprint density at radius 3 is 2.96 bits per heavy atom. The van der Waals surface area contributed by atoms with Crippen molar-refractivity contribution in [3.63, 3.8) is 0 Å². The van der Waals surface area contributed by atoms with Crippen molar-refractivity contribution in [3.8, 4) is 5.75 Å². The maximum absolute atomic E-state index is 12.6. The van der Waals surface area contributed by atoms with Gasteiger partial charge >= 0.3 is 0 Å². The minimum absolute atomic E-state index is 0.145. The van der Waals surface area contributed by atoms with Crippen LogP contribution in [0.3, 0.4) is 0 Å². The number of nitro benzene ring substituents is 1. The lowest BCUT2D eigenvalue weighted by molar-refractivity contribution is -0.384. The van der Waals surface area contributed by atoms with Crippen LogP contribution in [0.5, 0.6) is 5.75 Å². The van der Waals surface area contributed by atoms with Gasteiger partial charge in [0.05, 0.1) is 34.8 Å². The molecule has 1 N–H and O–H groups in total. The van der Waals surface area contributed by atoms with Crippen LogP contribution in [0, 0.1) is 10.1 Å². The number of para-hydroxylation sites is 1. The summed E-state index contributed by atoms with van der Waals surface area (Å²) in [5.74, 6) is 0.414. The van der Waals surface area contributed by atoms with Gasteiger partial charge in [-0.1, -0.05) is 18.2 Å². The van der Waals surface area contributed by atoms with E-state index in [1.807, 2.05) is 24.3 Å². The highest BCUT2D eigenvalue weighted by Crippen LogP contribution is 2.31. The topological polar surface area (TPSA) is 116 Å². The zero-order valence-corrected chi connectivity index (χ0v) is 14.7. The van der Waals surface area contributed by atoms with Gasteiger partial charge in [0, 0.05) is 24.1 Å². The molecule has 0 aliphatic carbocycles. The number of benzene rings is 2. The first-order valence-electron chi connectivity index (χ1n) is 8.67. The fraction of sp³-hybridized carbons (Fsp3) is 0.211. The number of fused-ring (bicyclic) bond motifs is 2. The fourth-order valence-corrected chi connectivity index (χ4v) is 3.26. The van der Waals surface area contributed by atoms with Crippen LogP contribution >= 0.6 is 0 Å². The molecule has 0 spiro atoms. The van der Waals surface area contributed by atoms with Crippen molar-refractivity contribution in [3.05, 3.63) is 74.8 Å². The van der Waals surface area contributed by atoms with Gasteiger partial charge < -0.3 is 10.1 Å². The molecular formula is C19H16N4O5. The SMILES string of the molecule is O=C(Cn1cnc2cc([N+](=O)[O-])ccc2c1=O)NC1CCOc2ccccc21. The van der Waals surface area contributed by atoms with E-state index in [0.717, 1.165) is 11.3 Å². The number of carbonyl (C=O) groups is 1. The van der Waals surface area contributed by atoms with Gasteiger partial charge in [-0.15, -0.1) is 0 Å². The summed E-state index contributed by atoms with van der Waals surface area (Å²) in [6, 6.07) is 11.1. The molecule has 1 aliphatic rings. The Kier molecular flexibility index (Phi) is 4.48. The molecule has 3 aromatic rings. The highest BCUT2D eigenvalue weighted by atomic mass is 16.6. The van der Waals surface area contributed by atoms with E-state index in [2.05, 4.69) is 10.3 Å². The lowest BCUT2D eigenvalue weighted by atomic mass is 10.0. The fourth-order valence-electron chi connectivity index (χ4n) is 3.26. The number of non-ortho nitro benzene ring substituents is 1. The van der Waals surface area contributed by atoms with Gasteiger partial charge in [0.1, 0.15) is 12.3 Å². The molecule has 0 saturated carbocycles. The molecule has 28 heavy (non-hydrogen) atoms. The van der Waals surface area contributed by atoms with Gasteiger partial charge in [0.15, 0.2) is 0 Å². The lowest BCUT2D eigenvalue weighted by Gasteiger charge is -2.26. The second kappa shape index (κ2) is 7.10. The van der Waals surface area contributed by atoms with Crippen molar-refractivity contribution in [1.82, 2.24) is 14.9 Å². The molecule has 2 heterocycles. The number of aromatic nitrogens is 2. The molecule has 4 rings (SSSR count). The van der Waals surface area contributed by atoms with Crippen molar-refractivity contribution in [1.29, 1.82) is 0 Å². The third-order valence-electron chi connectivity index (χ3n) is 4.63. The number of amides is 1. The predicted octanol–water partition coefficient (Wildman–Crippen LogP) is 1.94. The van der Waals surface area contributed by atoms with Crippen molar-refractivity contribution in [2.75, 3.05) is 6.61 Å². The third-order valence-corrected chi connectivity index (χ3v) is 4.63. The van der Waals surface area contributed by atoms with E-state index in [4.69, 9.17) is 4.74 Å². The summed E-state index contributed by atoms with van der Waals surface area (Å²) in [5, 5.41) is 14.0. The van der Waals surface area contributed by atoms with Gasteiger partial charge in [-0.2, -0.15) is 0 Å². The minimum atomic E-state index is -0.550. The zero-order valence-electron chi connectivity index (χ0n) is 14.7. The van der Waals surface area contributed by atoms with Gasteiger partial charge in [-0.25, -0.2) is 4.98 Å². The number of nitrogens with zero attached hydrogens (tertiary/aromatic N) is 3. The Hall–Kier alpha value is -3.75. The Labute approximate surface area is 158 Å². The van der Waals surface area contributed by atoms with E-state index in [-0.39, 0.29) is 35.1 Å². The standard InChI is InChI=1S/C19H16N4O5/c24-18(21-15-7-8-28-17-4-2-1-3-13(15)17)10-22-11-20-16-9-12(23(26)27)5-6-14(16)19(22)25/h1-6,9,11,15H,7-8,10H2,(H,21,24). The van der Waals surface area contributed by atoms with E-state index < -0.39 is 10.5 Å². The number of carbonyl (C=O) groups excluding carboxylic acids is 1. The third kappa shape index (κ3) is 3.29. The first-order chi connectivity index (χ1) is 13.5. The predicted molar refractivity (Wildman–Crippen MR) is 100 cm³/mol. The summed E-state index contributed by atoms with van der Waals surface area (Å²) in [6.07, 6.45) is 1.86. The van der Waals surface area contributed by atoms with E-state index in [0.29, 0.717) is 13.0 Å². The average molecular weight is 380 g/mol. The van der Waals surface area contributed by atoms with E-state index in [1.54, 1.807) is 0 Å². The monoisotopic (exact) mass is 380 g/mol. The van der Waals surface area contributed by atoms with Crippen LogP contribution in [0.15, 0.2) is 53.6 Å². The summed E-state index contributed by atoms with van der Waals surface area (Å²) in [5.41, 5.74) is 0.545. The molecule has 1 aliphatic heterocycles. The van der Waals surface area contributed by atoms with Crippen LogP contribution in [-0.2, 0) is 11.3 Å². The molecule has 2 aromatic carbocycles.